The highest BCUT2D eigenvalue weighted by molar-refractivity contribution is 6.62. The molecule has 37 heavy (non-hydrogen) atoms. The largest absolute Gasteiger partial charge is 0.494 e. The van der Waals surface area contributed by atoms with Gasteiger partial charge in [-0.2, -0.15) is 0 Å². The van der Waals surface area contributed by atoms with Gasteiger partial charge in [-0.25, -0.2) is 19.8 Å². The van der Waals surface area contributed by atoms with Crippen molar-refractivity contribution >= 4 is 30.5 Å². The fraction of sp³-hybridized carbons (Fsp3) is 0.440. The lowest BCUT2D eigenvalue weighted by Gasteiger charge is -2.40. The molecule has 3 aliphatic heterocycles. The number of nitrogens with one attached hydrogen (secondary N) is 2. The van der Waals surface area contributed by atoms with Gasteiger partial charge in [-0.15, -0.1) is 0 Å². The van der Waals surface area contributed by atoms with Gasteiger partial charge in [0.25, 0.3) is 5.91 Å². The van der Waals surface area contributed by atoms with Crippen LogP contribution in [0.5, 0.6) is 0 Å². The first kappa shape index (κ1) is 25.0. The quantitative estimate of drug-likeness (QED) is 0.425. The number of hydrogen-bond donors (Lipinski definition) is 3. The SMILES string of the molecule is CC1(C)OB(c2ccc(-c3cnc([C@@H]4C=CCN5C(=O)CC[C@H](NC(=O)O)C(=O)N45)[nH]3)cc2)OC1(C)C. The Bertz CT molecular complexity index is 1240. The van der Waals surface area contributed by atoms with Crippen molar-refractivity contribution in [1.82, 2.24) is 25.3 Å². The molecule has 0 unspecified atom stereocenters. The molecule has 5 rings (SSSR count). The summed E-state index contributed by atoms with van der Waals surface area (Å²) in [7, 11) is -0.464. The molecule has 0 radical (unpaired) electrons. The topological polar surface area (TPSA) is 137 Å². The van der Waals surface area contributed by atoms with Crippen molar-refractivity contribution in [3.63, 3.8) is 0 Å². The normalized spacial score (nSPS) is 24.7. The molecule has 0 aliphatic carbocycles. The van der Waals surface area contributed by atoms with Crippen LogP contribution >= 0.6 is 0 Å². The summed E-state index contributed by atoms with van der Waals surface area (Å²) in [5.74, 6) is -0.280. The summed E-state index contributed by atoms with van der Waals surface area (Å²) in [5, 5.41) is 14.1. The summed E-state index contributed by atoms with van der Waals surface area (Å²) >= 11 is 0. The van der Waals surface area contributed by atoms with E-state index in [2.05, 4.69) is 15.3 Å². The Morgan fingerprint density at radius 3 is 2.49 bits per heavy atom. The zero-order valence-electron chi connectivity index (χ0n) is 21.2. The first-order chi connectivity index (χ1) is 17.5. The van der Waals surface area contributed by atoms with E-state index in [9.17, 15) is 14.4 Å². The Balaban J connectivity index is 1.38. The number of imidazole rings is 1. The van der Waals surface area contributed by atoms with Crippen LogP contribution in [0.4, 0.5) is 4.79 Å². The van der Waals surface area contributed by atoms with Crippen LogP contribution in [0.1, 0.15) is 52.4 Å². The number of amides is 3. The molecule has 3 amide bonds. The molecule has 12 heteroatoms. The summed E-state index contributed by atoms with van der Waals surface area (Å²) in [6.07, 6.45) is 4.11. The lowest BCUT2D eigenvalue weighted by molar-refractivity contribution is -0.166. The first-order valence-electron chi connectivity index (χ1n) is 12.3. The monoisotopic (exact) mass is 507 g/mol. The number of hydrogen-bond acceptors (Lipinski definition) is 6. The Kier molecular flexibility index (Phi) is 6.11. The summed E-state index contributed by atoms with van der Waals surface area (Å²) in [4.78, 5) is 45.0. The van der Waals surface area contributed by atoms with Crippen molar-refractivity contribution in [3.05, 3.63) is 48.4 Å². The van der Waals surface area contributed by atoms with Gasteiger partial charge in [-0.1, -0.05) is 36.4 Å². The predicted molar refractivity (Wildman–Crippen MR) is 134 cm³/mol. The van der Waals surface area contributed by atoms with E-state index in [0.29, 0.717) is 5.82 Å². The maximum absolute atomic E-state index is 13.3. The van der Waals surface area contributed by atoms with Gasteiger partial charge in [0, 0.05) is 6.42 Å². The molecule has 4 heterocycles. The average molecular weight is 507 g/mol. The molecule has 0 bridgehead atoms. The van der Waals surface area contributed by atoms with Crippen LogP contribution in [0, 0.1) is 0 Å². The minimum atomic E-state index is -1.31. The summed E-state index contributed by atoms with van der Waals surface area (Å²) < 4.78 is 12.3. The zero-order chi connectivity index (χ0) is 26.5. The zero-order valence-corrected chi connectivity index (χ0v) is 21.2. The predicted octanol–water partition coefficient (Wildman–Crippen LogP) is 1.99. The van der Waals surface area contributed by atoms with E-state index in [0.717, 1.165) is 16.7 Å². The van der Waals surface area contributed by atoms with Crippen LogP contribution < -0.4 is 10.8 Å². The van der Waals surface area contributed by atoms with Crippen molar-refractivity contribution in [1.29, 1.82) is 0 Å². The molecule has 1 aromatic carbocycles. The van der Waals surface area contributed by atoms with E-state index >= 15 is 0 Å². The van der Waals surface area contributed by atoms with Crippen molar-refractivity contribution < 1.29 is 28.8 Å². The van der Waals surface area contributed by atoms with Crippen LogP contribution in [-0.2, 0) is 18.9 Å². The van der Waals surface area contributed by atoms with Gasteiger partial charge in [0.15, 0.2) is 0 Å². The van der Waals surface area contributed by atoms with Crippen LogP contribution in [0.25, 0.3) is 11.3 Å². The number of aromatic nitrogens is 2. The molecule has 0 spiro atoms. The summed E-state index contributed by atoms with van der Waals surface area (Å²) in [5.41, 5.74) is 1.65. The van der Waals surface area contributed by atoms with Crippen molar-refractivity contribution in [2.24, 2.45) is 0 Å². The molecule has 0 saturated carbocycles. The van der Waals surface area contributed by atoms with Gasteiger partial charge in [-0.3, -0.25) is 9.59 Å². The fourth-order valence-electron chi connectivity index (χ4n) is 4.69. The highest BCUT2D eigenvalue weighted by Gasteiger charge is 2.51. The molecule has 2 fully saturated rings. The smallest absolute Gasteiger partial charge is 0.465 e. The van der Waals surface area contributed by atoms with Gasteiger partial charge in [0.05, 0.1) is 29.6 Å². The highest BCUT2D eigenvalue weighted by atomic mass is 16.7. The second-order valence-electron chi connectivity index (χ2n) is 10.5. The van der Waals surface area contributed by atoms with E-state index in [1.165, 1.54) is 10.0 Å². The average Bonchev–Trinajstić information content (AvgIpc) is 3.39. The Hall–Kier alpha value is -3.64. The molecule has 194 valence electrons. The third kappa shape index (κ3) is 4.51. The number of carbonyl (C=O) groups is 3. The van der Waals surface area contributed by atoms with Crippen LogP contribution in [0.15, 0.2) is 42.6 Å². The Morgan fingerprint density at radius 2 is 1.84 bits per heavy atom. The van der Waals surface area contributed by atoms with E-state index < -0.39 is 42.4 Å². The number of hydrazine groups is 1. The fourth-order valence-corrected chi connectivity index (χ4v) is 4.69. The molecule has 2 atom stereocenters. The number of carbonyl (C=O) groups excluding carboxylic acids is 2. The van der Waals surface area contributed by atoms with Gasteiger partial charge < -0.3 is 24.7 Å². The highest BCUT2D eigenvalue weighted by Crippen LogP contribution is 2.36. The van der Waals surface area contributed by atoms with Gasteiger partial charge >= 0.3 is 13.2 Å². The minimum absolute atomic E-state index is 0.0618. The van der Waals surface area contributed by atoms with E-state index in [1.807, 2.05) is 52.0 Å². The van der Waals surface area contributed by atoms with Crippen LogP contribution in [0.2, 0.25) is 0 Å². The molecule has 3 aliphatic rings. The molecular weight excluding hydrogens is 477 g/mol. The molecule has 3 N–H and O–H groups in total. The number of fused-ring (bicyclic) bond motifs is 1. The van der Waals surface area contributed by atoms with Crippen LogP contribution in [-0.4, -0.2) is 73.9 Å². The lowest BCUT2D eigenvalue weighted by atomic mass is 9.79. The van der Waals surface area contributed by atoms with Gasteiger partial charge in [-0.05, 0) is 45.1 Å². The lowest BCUT2D eigenvalue weighted by Crippen LogP contribution is -2.56. The maximum Gasteiger partial charge on any atom is 0.494 e. The van der Waals surface area contributed by atoms with E-state index in [-0.39, 0.29) is 25.3 Å². The third-order valence-electron chi connectivity index (χ3n) is 7.50. The second-order valence-corrected chi connectivity index (χ2v) is 10.5. The van der Waals surface area contributed by atoms with Crippen molar-refractivity contribution in [2.75, 3.05) is 6.54 Å². The summed E-state index contributed by atoms with van der Waals surface area (Å²) in [6, 6.07) is 6.07. The number of H-pyrrole nitrogens is 1. The van der Waals surface area contributed by atoms with Crippen molar-refractivity contribution in [2.45, 2.75) is 63.8 Å². The Labute approximate surface area is 214 Å². The number of aromatic amines is 1. The molecular formula is C25H30BN5O6. The van der Waals surface area contributed by atoms with E-state index in [1.54, 1.807) is 18.3 Å². The number of nitrogens with zero attached hydrogens (tertiary/aromatic N) is 3. The maximum atomic E-state index is 13.3. The molecule has 2 saturated heterocycles. The summed E-state index contributed by atoms with van der Waals surface area (Å²) in [6.45, 7) is 8.27. The molecule has 11 nitrogen and oxygen atoms in total. The molecule has 2 aromatic rings. The van der Waals surface area contributed by atoms with Crippen molar-refractivity contribution in [3.8, 4) is 11.3 Å². The number of carboxylic acid groups (broad SMARTS) is 1. The van der Waals surface area contributed by atoms with E-state index in [4.69, 9.17) is 14.4 Å². The second kappa shape index (κ2) is 9.03. The first-order valence-corrected chi connectivity index (χ1v) is 12.3. The number of benzene rings is 1. The standard InChI is InChI=1S/C25H30BN5O6/c1-24(2)25(3,4)37-26(36-24)16-9-7-15(8-10-16)18-14-27-21(28-18)19-6-5-13-30-20(32)12-11-17(29-23(34)35)22(33)31(19)30/h5-10,14,17,19,29H,11-13H2,1-4H3,(H,27,28)(H,34,35)/t17-,19-/m0/s1. The third-order valence-corrected chi connectivity index (χ3v) is 7.50. The number of rotatable bonds is 4. The van der Waals surface area contributed by atoms with Crippen LogP contribution in [0.3, 0.4) is 0 Å². The van der Waals surface area contributed by atoms with Gasteiger partial charge in [0.1, 0.15) is 17.9 Å². The minimum Gasteiger partial charge on any atom is -0.465 e. The molecule has 1 aromatic heterocycles. The van der Waals surface area contributed by atoms with Gasteiger partial charge in [0.2, 0.25) is 5.91 Å². The Morgan fingerprint density at radius 1 is 1.16 bits per heavy atom.